The number of nitrogens with zero attached hydrogens (tertiary/aromatic N) is 3. The fourth-order valence-corrected chi connectivity index (χ4v) is 3.63. The summed E-state index contributed by atoms with van der Waals surface area (Å²) in [6.07, 6.45) is 5.63. The number of rotatable bonds is 2. The molecule has 2 saturated heterocycles. The van der Waals surface area contributed by atoms with Crippen LogP contribution in [0.3, 0.4) is 0 Å². The van der Waals surface area contributed by atoms with Gasteiger partial charge in [0.15, 0.2) is 0 Å². The van der Waals surface area contributed by atoms with Crippen LogP contribution in [0.4, 0.5) is 4.79 Å². The van der Waals surface area contributed by atoms with E-state index < -0.39 is 5.60 Å². The number of hydrogen-bond donors (Lipinski definition) is 0. The number of carbonyl (C=O) groups excluding carboxylic acids is 2. The molecule has 1 aromatic heterocycles. The lowest BCUT2D eigenvalue weighted by atomic mass is 10.0. The normalized spacial score (nSPS) is 19.3. The van der Waals surface area contributed by atoms with Gasteiger partial charge in [0, 0.05) is 38.4 Å². The monoisotopic (exact) mass is 347 g/mol. The molecule has 2 amide bonds. The molecule has 3 rings (SSSR count). The van der Waals surface area contributed by atoms with Gasteiger partial charge in [-0.1, -0.05) is 0 Å². The Bertz CT molecular complexity index is 618. The van der Waals surface area contributed by atoms with Crippen molar-refractivity contribution in [1.82, 2.24) is 14.4 Å². The highest BCUT2D eigenvalue weighted by Gasteiger charge is 2.30. The van der Waals surface area contributed by atoms with Gasteiger partial charge in [-0.05, 0) is 58.6 Å². The molecule has 1 aromatic rings. The quantitative estimate of drug-likeness (QED) is 0.825. The fraction of sp³-hybridized carbons (Fsp3) is 0.684. The first-order valence-electron chi connectivity index (χ1n) is 9.29. The van der Waals surface area contributed by atoms with E-state index in [1.165, 1.54) is 0 Å². The Labute approximate surface area is 149 Å². The molecule has 0 N–H and O–H groups in total. The number of hydrogen-bond acceptors (Lipinski definition) is 3. The number of aromatic nitrogens is 1. The Morgan fingerprint density at radius 1 is 1.04 bits per heavy atom. The lowest BCUT2D eigenvalue weighted by Crippen LogP contribution is -2.42. The topological polar surface area (TPSA) is 54.8 Å². The van der Waals surface area contributed by atoms with E-state index in [4.69, 9.17) is 4.74 Å². The van der Waals surface area contributed by atoms with Gasteiger partial charge >= 0.3 is 6.09 Å². The molecule has 0 atom stereocenters. The summed E-state index contributed by atoms with van der Waals surface area (Å²) < 4.78 is 7.56. The molecule has 2 aliphatic heterocycles. The fourth-order valence-electron chi connectivity index (χ4n) is 3.63. The van der Waals surface area contributed by atoms with Crippen LogP contribution in [0.2, 0.25) is 0 Å². The molecule has 0 radical (unpaired) electrons. The van der Waals surface area contributed by atoms with Crippen LogP contribution < -0.4 is 0 Å². The minimum absolute atomic E-state index is 0.136. The maximum absolute atomic E-state index is 12.7. The van der Waals surface area contributed by atoms with Gasteiger partial charge in [0.25, 0.3) is 5.91 Å². The van der Waals surface area contributed by atoms with Crippen molar-refractivity contribution in [2.24, 2.45) is 0 Å². The number of amides is 2. The largest absolute Gasteiger partial charge is 0.444 e. The van der Waals surface area contributed by atoms with Crippen LogP contribution in [0.5, 0.6) is 0 Å². The van der Waals surface area contributed by atoms with Gasteiger partial charge in [-0.3, -0.25) is 4.79 Å². The second-order valence-electron chi connectivity index (χ2n) is 8.00. The minimum Gasteiger partial charge on any atom is -0.444 e. The second kappa shape index (κ2) is 7.10. The van der Waals surface area contributed by atoms with Crippen molar-refractivity contribution >= 4 is 12.0 Å². The predicted molar refractivity (Wildman–Crippen MR) is 95.6 cm³/mol. The molecule has 6 nitrogen and oxygen atoms in total. The van der Waals surface area contributed by atoms with Crippen molar-refractivity contribution in [3.05, 3.63) is 24.0 Å². The van der Waals surface area contributed by atoms with Gasteiger partial charge in [0.2, 0.25) is 0 Å². The van der Waals surface area contributed by atoms with Gasteiger partial charge in [-0.2, -0.15) is 0 Å². The third-order valence-electron chi connectivity index (χ3n) is 4.90. The molecule has 25 heavy (non-hydrogen) atoms. The predicted octanol–water partition coefficient (Wildman–Crippen LogP) is 3.30. The van der Waals surface area contributed by atoms with Crippen LogP contribution in [-0.4, -0.2) is 58.1 Å². The number of ether oxygens (including phenoxy) is 1. The Balaban J connectivity index is 1.61. The molecular weight excluding hydrogens is 318 g/mol. The first-order chi connectivity index (χ1) is 11.8. The van der Waals surface area contributed by atoms with E-state index in [1.807, 2.05) is 44.0 Å². The van der Waals surface area contributed by atoms with Crippen LogP contribution in [0, 0.1) is 0 Å². The summed E-state index contributed by atoms with van der Waals surface area (Å²) in [5.74, 6) is 0.136. The Morgan fingerprint density at radius 3 is 2.28 bits per heavy atom. The first kappa shape index (κ1) is 17.8. The SMILES string of the molecule is CC(C)(C)OC(=O)N1CCC(n2cccc2C(=O)N2CCCC2)CC1. The molecule has 0 bridgehead atoms. The molecule has 138 valence electrons. The van der Waals surface area contributed by atoms with E-state index in [0.29, 0.717) is 13.1 Å². The highest BCUT2D eigenvalue weighted by Crippen LogP contribution is 2.26. The molecule has 0 spiro atoms. The van der Waals surface area contributed by atoms with Crippen LogP contribution in [0.1, 0.15) is 63.0 Å². The molecule has 6 heteroatoms. The first-order valence-corrected chi connectivity index (χ1v) is 9.29. The smallest absolute Gasteiger partial charge is 0.410 e. The summed E-state index contributed by atoms with van der Waals surface area (Å²) in [7, 11) is 0. The molecule has 0 unspecified atom stereocenters. The van der Waals surface area contributed by atoms with Crippen molar-refractivity contribution in [2.45, 2.75) is 58.1 Å². The van der Waals surface area contributed by atoms with Crippen molar-refractivity contribution < 1.29 is 14.3 Å². The van der Waals surface area contributed by atoms with Crippen molar-refractivity contribution in [3.8, 4) is 0 Å². The summed E-state index contributed by atoms with van der Waals surface area (Å²) in [6, 6.07) is 4.12. The molecule has 3 heterocycles. The number of likely N-dealkylation sites (tertiary alicyclic amines) is 2. The molecular formula is C19H29N3O3. The van der Waals surface area contributed by atoms with Crippen LogP contribution in [0.25, 0.3) is 0 Å². The van der Waals surface area contributed by atoms with Gasteiger partial charge in [0.05, 0.1) is 0 Å². The molecule has 2 aliphatic rings. The molecule has 2 fully saturated rings. The lowest BCUT2D eigenvalue weighted by molar-refractivity contribution is 0.0186. The summed E-state index contributed by atoms with van der Waals surface area (Å²) >= 11 is 0. The van der Waals surface area contributed by atoms with E-state index in [2.05, 4.69) is 4.57 Å². The second-order valence-corrected chi connectivity index (χ2v) is 8.00. The summed E-state index contributed by atoms with van der Waals surface area (Å²) in [6.45, 7) is 8.70. The Kier molecular flexibility index (Phi) is 5.06. The van der Waals surface area contributed by atoms with Crippen LogP contribution >= 0.6 is 0 Å². The van der Waals surface area contributed by atoms with Crippen LogP contribution in [-0.2, 0) is 4.74 Å². The van der Waals surface area contributed by atoms with E-state index in [9.17, 15) is 9.59 Å². The highest BCUT2D eigenvalue weighted by molar-refractivity contribution is 5.93. The maximum Gasteiger partial charge on any atom is 0.410 e. The highest BCUT2D eigenvalue weighted by atomic mass is 16.6. The third kappa shape index (κ3) is 4.17. The summed E-state index contributed by atoms with van der Waals surface area (Å²) in [5, 5.41) is 0. The van der Waals surface area contributed by atoms with Gasteiger partial charge in [0.1, 0.15) is 11.3 Å². The van der Waals surface area contributed by atoms with E-state index >= 15 is 0 Å². The third-order valence-corrected chi connectivity index (χ3v) is 4.90. The standard InChI is InChI=1S/C19H29N3O3/c1-19(2,3)25-18(24)21-13-8-15(9-14-21)22-12-6-7-16(22)17(23)20-10-4-5-11-20/h6-7,12,15H,4-5,8-11,13-14H2,1-3H3. The zero-order chi connectivity index (χ0) is 18.0. The Hall–Kier alpha value is -1.98. The van der Waals surface area contributed by atoms with E-state index in [-0.39, 0.29) is 18.0 Å². The zero-order valence-corrected chi connectivity index (χ0v) is 15.5. The van der Waals surface area contributed by atoms with Gasteiger partial charge in [-0.15, -0.1) is 0 Å². The van der Waals surface area contributed by atoms with Crippen LogP contribution in [0.15, 0.2) is 18.3 Å². The average molecular weight is 347 g/mol. The zero-order valence-electron chi connectivity index (χ0n) is 15.5. The number of carbonyl (C=O) groups is 2. The summed E-state index contributed by atoms with van der Waals surface area (Å²) in [4.78, 5) is 28.6. The summed E-state index contributed by atoms with van der Waals surface area (Å²) in [5.41, 5.74) is 0.307. The lowest BCUT2D eigenvalue weighted by Gasteiger charge is -2.34. The maximum atomic E-state index is 12.7. The van der Waals surface area contributed by atoms with Crippen molar-refractivity contribution in [3.63, 3.8) is 0 Å². The van der Waals surface area contributed by atoms with Gasteiger partial charge < -0.3 is 19.1 Å². The molecule has 0 aliphatic carbocycles. The van der Waals surface area contributed by atoms with Crippen molar-refractivity contribution in [1.29, 1.82) is 0 Å². The van der Waals surface area contributed by atoms with Gasteiger partial charge in [-0.25, -0.2) is 4.79 Å². The minimum atomic E-state index is -0.469. The molecule has 0 saturated carbocycles. The average Bonchev–Trinajstić information content (AvgIpc) is 3.24. The van der Waals surface area contributed by atoms with Crippen molar-refractivity contribution in [2.75, 3.05) is 26.2 Å². The molecule has 0 aromatic carbocycles. The Morgan fingerprint density at radius 2 is 1.68 bits per heavy atom. The van der Waals surface area contributed by atoms with E-state index in [0.717, 1.165) is 44.5 Å². The number of piperidine rings is 1. The van der Waals surface area contributed by atoms with E-state index in [1.54, 1.807) is 4.90 Å².